The van der Waals surface area contributed by atoms with Crippen LogP contribution in [0.25, 0.3) is 16.8 Å². The van der Waals surface area contributed by atoms with Gasteiger partial charge >= 0.3 is 0 Å². The number of nitrogens with zero attached hydrogens (tertiary/aromatic N) is 5. The maximum atomic E-state index is 12.8. The minimum Gasteiger partial charge on any atom is -0.301 e. The molecule has 0 unspecified atom stereocenters. The number of hydrogen-bond acceptors (Lipinski definition) is 7. The number of amides is 2. The monoisotopic (exact) mass is 533 g/mol. The summed E-state index contributed by atoms with van der Waals surface area (Å²) < 4.78 is 0. The van der Waals surface area contributed by atoms with Crippen LogP contribution in [0.1, 0.15) is 16.0 Å². The molecule has 3 aromatic carbocycles. The number of rotatable bonds is 4. The third-order valence-corrected chi connectivity index (χ3v) is 7.85. The van der Waals surface area contributed by atoms with Crippen molar-refractivity contribution < 1.29 is 9.59 Å². The van der Waals surface area contributed by atoms with E-state index in [1.165, 1.54) is 21.1 Å². The molecule has 2 amide bonds. The average molecular weight is 534 g/mol. The fraction of sp³-hybridized carbons (Fsp3) is 0.0690. The minimum atomic E-state index is -0.449. The third-order valence-electron chi connectivity index (χ3n) is 6.28. The van der Waals surface area contributed by atoms with Crippen LogP contribution >= 0.6 is 23.6 Å². The maximum Gasteiger partial charge on any atom is 0.265 e. The van der Waals surface area contributed by atoms with Crippen LogP contribution in [0, 0.1) is 22.7 Å². The molecule has 2 heterocycles. The Balaban J connectivity index is 1.65. The molecule has 184 valence electrons. The summed E-state index contributed by atoms with van der Waals surface area (Å²) in [6.45, 7) is 0. The standard InChI is InChI=1S/C29H19N5O2S2/c1-32-27(35)24(28(36)33(2)29(32)37)15-21-12-14-26(38-21)34(20-10-7-18(16-30)8-11-20)25-13-9-19(17-31)22-5-3-4-6-23(22)25/h3-15H,1-2H3. The van der Waals surface area contributed by atoms with E-state index in [9.17, 15) is 20.1 Å². The van der Waals surface area contributed by atoms with E-state index in [0.717, 1.165) is 27.1 Å². The molecule has 0 aliphatic carbocycles. The molecule has 1 fully saturated rings. The fourth-order valence-electron chi connectivity index (χ4n) is 4.30. The number of hydrogen-bond donors (Lipinski definition) is 0. The van der Waals surface area contributed by atoms with Gasteiger partial charge in [0.25, 0.3) is 11.8 Å². The first-order valence-electron chi connectivity index (χ1n) is 11.5. The molecule has 1 aliphatic rings. The van der Waals surface area contributed by atoms with Crippen molar-refractivity contribution in [2.45, 2.75) is 0 Å². The molecule has 7 nitrogen and oxygen atoms in total. The molecule has 0 radical (unpaired) electrons. The summed E-state index contributed by atoms with van der Waals surface area (Å²) in [4.78, 5) is 30.9. The second-order valence-electron chi connectivity index (χ2n) is 8.53. The highest BCUT2D eigenvalue weighted by Crippen LogP contribution is 2.43. The zero-order valence-electron chi connectivity index (χ0n) is 20.4. The Kier molecular flexibility index (Phi) is 6.48. The summed E-state index contributed by atoms with van der Waals surface area (Å²) in [6, 6.07) is 26.8. The molecule has 0 saturated carbocycles. The Morgan fingerprint density at radius 3 is 2.13 bits per heavy atom. The molecule has 1 aliphatic heterocycles. The molecule has 0 spiro atoms. The molecule has 9 heteroatoms. The van der Waals surface area contributed by atoms with Crippen LogP contribution in [0.15, 0.2) is 78.4 Å². The second-order valence-corrected chi connectivity index (χ2v) is 9.99. The van der Waals surface area contributed by atoms with Crippen LogP contribution in [0.2, 0.25) is 0 Å². The summed E-state index contributed by atoms with van der Waals surface area (Å²) in [5, 5.41) is 21.6. The van der Waals surface area contributed by atoms with Crippen LogP contribution < -0.4 is 4.90 Å². The lowest BCUT2D eigenvalue weighted by atomic mass is 10.0. The number of carbonyl (C=O) groups is 2. The Labute approximate surface area is 228 Å². The summed E-state index contributed by atoms with van der Waals surface area (Å²) in [5.74, 6) is -0.898. The van der Waals surface area contributed by atoms with Crippen molar-refractivity contribution in [2.75, 3.05) is 19.0 Å². The molecule has 0 atom stereocenters. The second kappa shape index (κ2) is 9.91. The first-order chi connectivity index (χ1) is 18.3. The van der Waals surface area contributed by atoms with E-state index in [1.54, 1.807) is 38.4 Å². The maximum absolute atomic E-state index is 12.8. The molecule has 38 heavy (non-hydrogen) atoms. The first kappa shape index (κ1) is 24.8. The van der Waals surface area contributed by atoms with Crippen molar-refractivity contribution in [3.05, 3.63) is 94.4 Å². The summed E-state index contributed by atoms with van der Waals surface area (Å²) in [5.41, 5.74) is 2.80. The number of fused-ring (bicyclic) bond motifs is 1. The number of likely N-dealkylation sites (N-methyl/N-ethyl adjacent to an activating group) is 2. The van der Waals surface area contributed by atoms with Gasteiger partial charge in [0, 0.05) is 35.4 Å². The van der Waals surface area contributed by atoms with Gasteiger partial charge in [-0.25, -0.2) is 0 Å². The first-order valence-corrected chi connectivity index (χ1v) is 12.7. The zero-order valence-corrected chi connectivity index (χ0v) is 22.0. The van der Waals surface area contributed by atoms with Gasteiger partial charge in [-0.2, -0.15) is 10.5 Å². The van der Waals surface area contributed by atoms with E-state index in [4.69, 9.17) is 12.2 Å². The quantitative estimate of drug-likeness (QED) is 0.190. The van der Waals surface area contributed by atoms with Gasteiger partial charge in [-0.15, -0.1) is 11.3 Å². The van der Waals surface area contributed by atoms with Crippen LogP contribution in [0.4, 0.5) is 16.4 Å². The number of carbonyl (C=O) groups excluding carboxylic acids is 2. The van der Waals surface area contributed by atoms with Crippen molar-refractivity contribution in [1.29, 1.82) is 10.5 Å². The number of thiophene rings is 1. The van der Waals surface area contributed by atoms with Gasteiger partial charge in [-0.1, -0.05) is 24.3 Å². The van der Waals surface area contributed by atoms with Crippen molar-refractivity contribution in [1.82, 2.24) is 9.80 Å². The lowest BCUT2D eigenvalue weighted by molar-refractivity contribution is -0.132. The minimum absolute atomic E-state index is 0.0331. The number of anilines is 3. The van der Waals surface area contributed by atoms with Gasteiger partial charge in [-0.3, -0.25) is 19.4 Å². The molecular formula is C29H19N5O2S2. The average Bonchev–Trinajstić information content (AvgIpc) is 3.41. The molecule has 4 aromatic rings. The Morgan fingerprint density at radius 2 is 1.50 bits per heavy atom. The third kappa shape index (κ3) is 4.20. The summed E-state index contributed by atoms with van der Waals surface area (Å²) >= 11 is 6.59. The van der Waals surface area contributed by atoms with Crippen LogP contribution in [0.5, 0.6) is 0 Å². The van der Waals surface area contributed by atoms with Crippen molar-refractivity contribution in [3.63, 3.8) is 0 Å². The van der Waals surface area contributed by atoms with Crippen LogP contribution in [-0.4, -0.2) is 40.8 Å². The highest BCUT2D eigenvalue weighted by atomic mass is 32.1. The van der Waals surface area contributed by atoms with E-state index in [1.807, 2.05) is 59.5 Å². The highest BCUT2D eigenvalue weighted by Gasteiger charge is 2.35. The molecular weight excluding hydrogens is 514 g/mol. The highest BCUT2D eigenvalue weighted by molar-refractivity contribution is 7.80. The Hall–Kier alpha value is -4.83. The number of thiocarbonyl (C=S) groups is 1. The topological polar surface area (TPSA) is 91.4 Å². The van der Waals surface area contributed by atoms with Crippen molar-refractivity contribution in [3.8, 4) is 12.1 Å². The molecule has 1 aromatic heterocycles. The SMILES string of the molecule is CN1C(=O)C(=Cc2ccc(N(c3ccc(C#N)cc3)c3ccc(C#N)c4ccccc34)s2)C(=O)N(C)C1=S. The van der Waals surface area contributed by atoms with E-state index < -0.39 is 11.8 Å². The van der Waals surface area contributed by atoms with E-state index >= 15 is 0 Å². The smallest absolute Gasteiger partial charge is 0.265 e. The largest absolute Gasteiger partial charge is 0.301 e. The van der Waals surface area contributed by atoms with Gasteiger partial charge in [0.05, 0.1) is 29.0 Å². The Morgan fingerprint density at radius 1 is 0.842 bits per heavy atom. The number of nitriles is 2. The van der Waals surface area contributed by atoms with Gasteiger partial charge in [0.15, 0.2) is 5.11 Å². The zero-order chi connectivity index (χ0) is 27.0. The summed E-state index contributed by atoms with van der Waals surface area (Å²) in [7, 11) is 3.09. The summed E-state index contributed by atoms with van der Waals surface area (Å²) in [6.07, 6.45) is 1.58. The van der Waals surface area contributed by atoms with Crippen LogP contribution in [0.3, 0.4) is 0 Å². The predicted octanol–water partition coefficient (Wildman–Crippen LogP) is 5.71. The lowest BCUT2D eigenvalue weighted by Gasteiger charge is -2.31. The van der Waals surface area contributed by atoms with E-state index in [-0.39, 0.29) is 10.7 Å². The van der Waals surface area contributed by atoms with Gasteiger partial charge in [0.1, 0.15) is 10.6 Å². The van der Waals surface area contributed by atoms with E-state index in [2.05, 4.69) is 12.1 Å². The number of benzene rings is 3. The van der Waals surface area contributed by atoms with E-state index in [0.29, 0.717) is 16.0 Å². The molecule has 5 rings (SSSR count). The van der Waals surface area contributed by atoms with Crippen LogP contribution in [-0.2, 0) is 9.59 Å². The lowest BCUT2D eigenvalue weighted by Crippen LogP contribution is -2.52. The molecule has 1 saturated heterocycles. The van der Waals surface area contributed by atoms with Gasteiger partial charge < -0.3 is 4.90 Å². The predicted molar refractivity (Wildman–Crippen MR) is 152 cm³/mol. The van der Waals surface area contributed by atoms with Gasteiger partial charge in [-0.05, 0) is 66.8 Å². The Bertz CT molecular complexity index is 1720. The molecule has 0 bridgehead atoms. The van der Waals surface area contributed by atoms with Gasteiger partial charge in [0.2, 0.25) is 0 Å². The normalized spacial score (nSPS) is 13.5. The van der Waals surface area contributed by atoms with Crippen molar-refractivity contribution in [2.24, 2.45) is 0 Å². The fourth-order valence-corrected chi connectivity index (χ4v) is 5.45. The molecule has 0 N–H and O–H groups in total. The van der Waals surface area contributed by atoms with Crippen molar-refractivity contribution >= 4 is 73.7 Å².